The van der Waals surface area contributed by atoms with E-state index in [0.717, 1.165) is 38.9 Å². The average molecular weight is 283 g/mol. The number of rotatable bonds is 6. The summed E-state index contributed by atoms with van der Waals surface area (Å²) in [6, 6.07) is -0.0852. The van der Waals surface area contributed by atoms with Gasteiger partial charge in [-0.3, -0.25) is 0 Å². The van der Waals surface area contributed by atoms with E-state index in [2.05, 4.69) is 17.2 Å². The number of nitrogens with one attached hydrogen (secondary N) is 2. The molecule has 0 spiro atoms. The molecule has 0 bridgehead atoms. The number of ether oxygens (including phenoxy) is 1. The molecule has 2 amide bonds. The van der Waals surface area contributed by atoms with Gasteiger partial charge in [-0.25, -0.2) is 4.79 Å². The molecule has 114 valence electrons. The largest absolute Gasteiger partial charge is 0.375 e. The van der Waals surface area contributed by atoms with E-state index in [-0.39, 0.29) is 18.0 Å². The van der Waals surface area contributed by atoms with Gasteiger partial charge in [-0.15, -0.1) is 6.58 Å². The lowest BCUT2D eigenvalue weighted by Gasteiger charge is -2.27. The Bertz CT molecular complexity index is 332. The van der Waals surface area contributed by atoms with Crippen LogP contribution in [0.5, 0.6) is 0 Å². The number of likely N-dealkylation sites (tertiary alicyclic amines) is 1. The Kier molecular flexibility index (Phi) is 5.82. The van der Waals surface area contributed by atoms with Gasteiger partial charge in [0.15, 0.2) is 0 Å². The first-order valence-electron chi connectivity index (χ1n) is 7.37. The molecule has 2 aliphatic heterocycles. The topological polar surface area (TPSA) is 73.8 Å². The van der Waals surface area contributed by atoms with E-state index in [1.165, 1.54) is 0 Å². The maximum absolute atomic E-state index is 12.2. The molecule has 2 aliphatic rings. The lowest BCUT2D eigenvalue weighted by molar-refractivity contribution is 0.0705. The molecule has 0 aromatic carbocycles. The molecule has 0 aromatic rings. The number of aliphatic hydroxyl groups excluding tert-OH is 1. The van der Waals surface area contributed by atoms with Crippen molar-refractivity contribution in [2.45, 2.75) is 31.5 Å². The van der Waals surface area contributed by atoms with Crippen molar-refractivity contribution in [3.63, 3.8) is 0 Å². The summed E-state index contributed by atoms with van der Waals surface area (Å²) in [7, 11) is 0. The standard InChI is InChI=1S/C14H25N3O3/c1-2-8-20-10-12-4-3-7-17(12)14(19)16-13(18)11-5-6-15-9-11/h2,11-13,15,18H,1,3-10H2,(H,16,19)/t11-,12?,13?/m0/s1. The molecule has 2 fully saturated rings. The fraction of sp³-hybridized carbons (Fsp3) is 0.786. The summed E-state index contributed by atoms with van der Waals surface area (Å²) in [6.45, 7) is 7.02. The van der Waals surface area contributed by atoms with E-state index < -0.39 is 6.23 Å². The van der Waals surface area contributed by atoms with E-state index in [0.29, 0.717) is 13.2 Å². The molecular formula is C14H25N3O3. The third-order valence-corrected chi connectivity index (χ3v) is 4.00. The Balaban J connectivity index is 1.79. The molecule has 6 nitrogen and oxygen atoms in total. The monoisotopic (exact) mass is 283 g/mol. The van der Waals surface area contributed by atoms with Crippen LogP contribution in [0.25, 0.3) is 0 Å². The van der Waals surface area contributed by atoms with Gasteiger partial charge >= 0.3 is 6.03 Å². The molecule has 0 aromatic heterocycles. The first-order chi connectivity index (χ1) is 9.72. The third-order valence-electron chi connectivity index (χ3n) is 4.00. The SMILES string of the molecule is C=CCOCC1CCCN1C(=O)NC(O)[C@H]1CCNC1. The van der Waals surface area contributed by atoms with Crippen LogP contribution < -0.4 is 10.6 Å². The summed E-state index contributed by atoms with van der Waals surface area (Å²) < 4.78 is 5.44. The molecule has 0 aliphatic carbocycles. The Hall–Kier alpha value is -1.11. The maximum atomic E-state index is 12.2. The maximum Gasteiger partial charge on any atom is 0.319 e. The smallest absolute Gasteiger partial charge is 0.319 e. The molecule has 0 saturated carbocycles. The minimum Gasteiger partial charge on any atom is -0.375 e. The second kappa shape index (κ2) is 7.61. The molecule has 3 atom stereocenters. The van der Waals surface area contributed by atoms with Gasteiger partial charge < -0.3 is 25.4 Å². The normalized spacial score (nSPS) is 27.6. The van der Waals surface area contributed by atoms with Crippen LogP contribution in [0.15, 0.2) is 12.7 Å². The highest BCUT2D eigenvalue weighted by atomic mass is 16.5. The lowest BCUT2D eigenvalue weighted by atomic mass is 10.1. The fourth-order valence-corrected chi connectivity index (χ4v) is 2.84. The number of amides is 2. The first kappa shape index (κ1) is 15.3. The van der Waals surface area contributed by atoms with Crippen LogP contribution in [0.1, 0.15) is 19.3 Å². The van der Waals surface area contributed by atoms with Crippen molar-refractivity contribution in [1.29, 1.82) is 0 Å². The Morgan fingerprint density at radius 1 is 1.60 bits per heavy atom. The summed E-state index contributed by atoms with van der Waals surface area (Å²) in [4.78, 5) is 14.0. The van der Waals surface area contributed by atoms with Crippen molar-refractivity contribution >= 4 is 6.03 Å². The van der Waals surface area contributed by atoms with Crippen LogP contribution in [0, 0.1) is 5.92 Å². The van der Waals surface area contributed by atoms with Gasteiger partial charge in [-0.2, -0.15) is 0 Å². The first-order valence-corrected chi connectivity index (χ1v) is 7.37. The van der Waals surface area contributed by atoms with Crippen molar-refractivity contribution in [1.82, 2.24) is 15.5 Å². The number of hydrogen-bond donors (Lipinski definition) is 3. The van der Waals surface area contributed by atoms with E-state index in [1.54, 1.807) is 11.0 Å². The van der Waals surface area contributed by atoms with Gasteiger partial charge in [-0.05, 0) is 25.8 Å². The lowest BCUT2D eigenvalue weighted by Crippen LogP contribution is -2.50. The van der Waals surface area contributed by atoms with Crippen LogP contribution in [-0.4, -0.2) is 61.2 Å². The highest BCUT2D eigenvalue weighted by Crippen LogP contribution is 2.18. The Labute approximate surface area is 120 Å². The second-order valence-electron chi connectivity index (χ2n) is 5.46. The van der Waals surface area contributed by atoms with Gasteiger partial charge in [0.1, 0.15) is 6.23 Å². The van der Waals surface area contributed by atoms with Gasteiger partial charge in [-0.1, -0.05) is 6.08 Å². The summed E-state index contributed by atoms with van der Waals surface area (Å²) in [5.74, 6) is 0.108. The molecular weight excluding hydrogens is 258 g/mol. The van der Waals surface area contributed by atoms with Gasteiger partial charge in [0.2, 0.25) is 0 Å². The second-order valence-corrected chi connectivity index (χ2v) is 5.46. The van der Waals surface area contributed by atoms with Crippen molar-refractivity contribution in [2.24, 2.45) is 5.92 Å². The van der Waals surface area contributed by atoms with Crippen LogP contribution >= 0.6 is 0 Å². The molecule has 3 N–H and O–H groups in total. The number of carbonyl (C=O) groups excluding carboxylic acids is 1. The molecule has 2 heterocycles. The molecule has 2 rings (SSSR count). The summed E-state index contributed by atoms with van der Waals surface area (Å²) >= 11 is 0. The molecule has 6 heteroatoms. The van der Waals surface area contributed by atoms with Crippen molar-refractivity contribution in [3.8, 4) is 0 Å². The van der Waals surface area contributed by atoms with E-state index in [4.69, 9.17) is 4.74 Å². The zero-order chi connectivity index (χ0) is 14.4. The van der Waals surface area contributed by atoms with Gasteiger partial charge in [0.25, 0.3) is 0 Å². The predicted molar refractivity (Wildman–Crippen MR) is 76.3 cm³/mol. The van der Waals surface area contributed by atoms with Crippen LogP contribution in [0.2, 0.25) is 0 Å². The van der Waals surface area contributed by atoms with E-state index in [1.807, 2.05) is 0 Å². The van der Waals surface area contributed by atoms with Crippen molar-refractivity contribution in [2.75, 3.05) is 32.8 Å². The van der Waals surface area contributed by atoms with Crippen LogP contribution in [0.3, 0.4) is 0 Å². The van der Waals surface area contributed by atoms with Crippen molar-refractivity contribution < 1.29 is 14.6 Å². The number of carbonyl (C=O) groups is 1. The van der Waals surface area contributed by atoms with Gasteiger partial charge in [0, 0.05) is 19.0 Å². The summed E-state index contributed by atoms with van der Waals surface area (Å²) in [5.41, 5.74) is 0. The average Bonchev–Trinajstić information content (AvgIpc) is 3.10. The van der Waals surface area contributed by atoms with Crippen molar-refractivity contribution in [3.05, 3.63) is 12.7 Å². The Morgan fingerprint density at radius 3 is 3.15 bits per heavy atom. The molecule has 0 radical (unpaired) electrons. The highest BCUT2D eigenvalue weighted by molar-refractivity contribution is 5.75. The number of hydrogen-bond acceptors (Lipinski definition) is 4. The quantitative estimate of drug-likeness (QED) is 0.372. The summed E-state index contributed by atoms with van der Waals surface area (Å²) in [6.07, 6.45) is 3.76. The highest BCUT2D eigenvalue weighted by Gasteiger charge is 2.31. The minimum atomic E-state index is -0.771. The van der Waals surface area contributed by atoms with E-state index >= 15 is 0 Å². The van der Waals surface area contributed by atoms with Crippen LogP contribution in [-0.2, 0) is 4.74 Å². The zero-order valence-corrected chi connectivity index (χ0v) is 11.9. The number of nitrogens with zero attached hydrogens (tertiary/aromatic N) is 1. The molecule has 2 saturated heterocycles. The molecule has 20 heavy (non-hydrogen) atoms. The Morgan fingerprint density at radius 2 is 2.45 bits per heavy atom. The number of urea groups is 1. The summed E-state index contributed by atoms with van der Waals surface area (Å²) in [5, 5.41) is 15.9. The van der Waals surface area contributed by atoms with Crippen LogP contribution in [0.4, 0.5) is 4.79 Å². The van der Waals surface area contributed by atoms with Gasteiger partial charge in [0.05, 0.1) is 19.3 Å². The fourth-order valence-electron chi connectivity index (χ4n) is 2.84. The van der Waals surface area contributed by atoms with E-state index in [9.17, 15) is 9.90 Å². The minimum absolute atomic E-state index is 0.101. The molecule has 2 unspecified atom stereocenters. The zero-order valence-electron chi connectivity index (χ0n) is 11.9. The predicted octanol–water partition coefficient (Wildman–Crippen LogP) is 0.291. The third kappa shape index (κ3) is 3.94. The number of aliphatic hydroxyl groups is 1.